The van der Waals surface area contributed by atoms with E-state index in [4.69, 9.17) is 16.3 Å². The van der Waals surface area contributed by atoms with E-state index in [0.717, 1.165) is 28.3 Å². The van der Waals surface area contributed by atoms with E-state index in [2.05, 4.69) is 4.98 Å². The molecule has 0 spiro atoms. The predicted molar refractivity (Wildman–Crippen MR) is 76.9 cm³/mol. The molecule has 0 N–H and O–H groups in total. The molecule has 0 saturated heterocycles. The molecule has 0 atom stereocenters. The van der Waals surface area contributed by atoms with Gasteiger partial charge in [-0.2, -0.15) is 0 Å². The summed E-state index contributed by atoms with van der Waals surface area (Å²) in [6, 6.07) is 11.7. The number of rotatable bonds is 2. The van der Waals surface area contributed by atoms with Crippen molar-refractivity contribution in [2.45, 2.75) is 6.92 Å². The van der Waals surface area contributed by atoms with Crippen molar-refractivity contribution in [3.05, 3.63) is 53.3 Å². The number of aryl methyl sites for hydroxylation is 1. The van der Waals surface area contributed by atoms with Crippen molar-refractivity contribution in [1.29, 1.82) is 0 Å². The number of methoxy groups -OCH3 is 1. The second kappa shape index (κ2) is 4.59. The molecule has 0 unspecified atom stereocenters. The molecule has 2 aromatic heterocycles. The molecule has 0 aliphatic carbocycles. The van der Waals surface area contributed by atoms with E-state index in [0.29, 0.717) is 5.02 Å². The SMILES string of the molecule is COc1ccc(-c2nc3ccc(Cl)cn3c2C)cc1. The third-order valence-electron chi connectivity index (χ3n) is 3.18. The average Bonchev–Trinajstić information content (AvgIpc) is 2.76. The Hall–Kier alpha value is -2.00. The fourth-order valence-corrected chi connectivity index (χ4v) is 2.32. The molecule has 0 radical (unpaired) electrons. The summed E-state index contributed by atoms with van der Waals surface area (Å²) in [4.78, 5) is 4.64. The lowest BCUT2D eigenvalue weighted by Crippen LogP contribution is -1.87. The largest absolute Gasteiger partial charge is 0.497 e. The first-order chi connectivity index (χ1) is 9.19. The molecular formula is C15H13ClN2O. The lowest BCUT2D eigenvalue weighted by Gasteiger charge is -2.02. The van der Waals surface area contributed by atoms with Crippen LogP contribution in [-0.4, -0.2) is 16.5 Å². The standard InChI is InChI=1S/C15H13ClN2O/c1-10-15(11-3-6-13(19-2)7-4-11)17-14-8-5-12(16)9-18(10)14/h3-9H,1-2H3. The Morgan fingerprint density at radius 3 is 2.53 bits per heavy atom. The Bertz CT molecular complexity index is 732. The quantitative estimate of drug-likeness (QED) is 0.706. The van der Waals surface area contributed by atoms with Crippen LogP contribution >= 0.6 is 11.6 Å². The van der Waals surface area contributed by atoms with Crippen LogP contribution in [0.15, 0.2) is 42.6 Å². The Kier molecular flexibility index (Phi) is 2.91. The van der Waals surface area contributed by atoms with Crippen molar-refractivity contribution >= 4 is 17.2 Å². The van der Waals surface area contributed by atoms with Crippen LogP contribution in [0.1, 0.15) is 5.69 Å². The maximum atomic E-state index is 6.02. The zero-order valence-corrected chi connectivity index (χ0v) is 11.5. The van der Waals surface area contributed by atoms with Crippen molar-refractivity contribution in [3.8, 4) is 17.0 Å². The molecule has 3 nitrogen and oxygen atoms in total. The molecular weight excluding hydrogens is 260 g/mol. The van der Waals surface area contributed by atoms with Gasteiger partial charge in [-0.15, -0.1) is 0 Å². The Morgan fingerprint density at radius 1 is 1.11 bits per heavy atom. The maximum Gasteiger partial charge on any atom is 0.137 e. The number of fused-ring (bicyclic) bond motifs is 1. The minimum absolute atomic E-state index is 0.703. The molecule has 1 aromatic carbocycles. The lowest BCUT2D eigenvalue weighted by atomic mass is 10.1. The number of pyridine rings is 1. The monoisotopic (exact) mass is 272 g/mol. The molecule has 3 rings (SSSR count). The summed E-state index contributed by atoms with van der Waals surface area (Å²) in [5.41, 5.74) is 4.00. The molecule has 3 aromatic rings. The van der Waals surface area contributed by atoms with Crippen molar-refractivity contribution in [1.82, 2.24) is 9.38 Å². The van der Waals surface area contributed by atoms with Gasteiger partial charge in [-0.25, -0.2) is 4.98 Å². The second-order valence-electron chi connectivity index (χ2n) is 4.35. The summed E-state index contributed by atoms with van der Waals surface area (Å²) in [6.45, 7) is 2.04. The third-order valence-corrected chi connectivity index (χ3v) is 3.41. The van der Waals surface area contributed by atoms with Crippen molar-refractivity contribution in [3.63, 3.8) is 0 Å². The molecule has 4 heteroatoms. The van der Waals surface area contributed by atoms with Gasteiger partial charge >= 0.3 is 0 Å². The van der Waals surface area contributed by atoms with E-state index in [1.165, 1.54) is 0 Å². The molecule has 0 aliphatic rings. The smallest absolute Gasteiger partial charge is 0.137 e. The molecule has 2 heterocycles. The zero-order valence-electron chi connectivity index (χ0n) is 10.7. The van der Waals surface area contributed by atoms with Gasteiger partial charge in [0.05, 0.1) is 17.8 Å². The van der Waals surface area contributed by atoms with Crippen LogP contribution in [0.2, 0.25) is 5.02 Å². The Labute approximate surface area is 116 Å². The molecule has 96 valence electrons. The molecule has 19 heavy (non-hydrogen) atoms. The molecule has 0 bridgehead atoms. The van der Waals surface area contributed by atoms with E-state index in [9.17, 15) is 0 Å². The van der Waals surface area contributed by atoms with Crippen molar-refractivity contribution in [2.75, 3.05) is 7.11 Å². The first kappa shape index (κ1) is 12.1. The van der Waals surface area contributed by atoms with Crippen LogP contribution in [0.3, 0.4) is 0 Å². The van der Waals surface area contributed by atoms with Gasteiger partial charge in [0.15, 0.2) is 0 Å². The molecule has 0 fully saturated rings. The number of hydrogen-bond acceptors (Lipinski definition) is 2. The first-order valence-corrected chi connectivity index (χ1v) is 6.35. The van der Waals surface area contributed by atoms with Gasteiger partial charge in [0.1, 0.15) is 11.4 Å². The van der Waals surface area contributed by atoms with Gasteiger partial charge in [-0.05, 0) is 43.3 Å². The Balaban J connectivity index is 2.16. The maximum absolute atomic E-state index is 6.02. The van der Waals surface area contributed by atoms with Crippen LogP contribution < -0.4 is 4.74 Å². The van der Waals surface area contributed by atoms with E-state index >= 15 is 0 Å². The topological polar surface area (TPSA) is 26.5 Å². The number of aromatic nitrogens is 2. The number of nitrogens with zero attached hydrogens (tertiary/aromatic N) is 2. The van der Waals surface area contributed by atoms with E-state index in [-0.39, 0.29) is 0 Å². The van der Waals surface area contributed by atoms with Gasteiger partial charge in [-0.1, -0.05) is 11.6 Å². The van der Waals surface area contributed by atoms with Crippen LogP contribution in [-0.2, 0) is 0 Å². The number of benzene rings is 1. The fraction of sp³-hybridized carbons (Fsp3) is 0.133. The number of imidazole rings is 1. The number of ether oxygens (including phenoxy) is 1. The van der Waals surface area contributed by atoms with Crippen molar-refractivity contribution < 1.29 is 4.74 Å². The molecule has 0 amide bonds. The number of halogens is 1. The van der Waals surface area contributed by atoms with E-state index < -0.39 is 0 Å². The van der Waals surface area contributed by atoms with Crippen molar-refractivity contribution in [2.24, 2.45) is 0 Å². The third kappa shape index (κ3) is 2.06. The van der Waals surface area contributed by atoms with Crippen LogP contribution in [0.25, 0.3) is 16.9 Å². The van der Waals surface area contributed by atoms with Gasteiger partial charge in [0, 0.05) is 17.5 Å². The van der Waals surface area contributed by atoms with Gasteiger partial charge in [-0.3, -0.25) is 0 Å². The highest BCUT2D eigenvalue weighted by Crippen LogP contribution is 2.26. The molecule has 0 saturated carbocycles. The average molecular weight is 273 g/mol. The summed E-state index contributed by atoms with van der Waals surface area (Å²) < 4.78 is 7.17. The highest BCUT2D eigenvalue weighted by molar-refractivity contribution is 6.30. The van der Waals surface area contributed by atoms with E-state index in [1.54, 1.807) is 7.11 Å². The molecule has 0 aliphatic heterocycles. The van der Waals surface area contributed by atoms with E-state index in [1.807, 2.05) is 53.9 Å². The zero-order chi connectivity index (χ0) is 13.4. The predicted octanol–water partition coefficient (Wildman–Crippen LogP) is 3.97. The summed E-state index contributed by atoms with van der Waals surface area (Å²) in [5.74, 6) is 0.841. The van der Waals surface area contributed by atoms with Crippen LogP contribution in [0.5, 0.6) is 5.75 Å². The summed E-state index contributed by atoms with van der Waals surface area (Å²) in [6.07, 6.45) is 1.88. The lowest BCUT2D eigenvalue weighted by molar-refractivity contribution is 0.415. The summed E-state index contributed by atoms with van der Waals surface area (Å²) in [7, 11) is 1.66. The minimum atomic E-state index is 0.703. The second-order valence-corrected chi connectivity index (χ2v) is 4.79. The highest BCUT2D eigenvalue weighted by Gasteiger charge is 2.10. The summed E-state index contributed by atoms with van der Waals surface area (Å²) in [5, 5.41) is 0.703. The number of hydrogen-bond donors (Lipinski definition) is 0. The van der Waals surface area contributed by atoms with Crippen LogP contribution in [0.4, 0.5) is 0 Å². The minimum Gasteiger partial charge on any atom is -0.497 e. The Morgan fingerprint density at radius 2 is 1.84 bits per heavy atom. The van der Waals surface area contributed by atoms with Gasteiger partial charge in [0.2, 0.25) is 0 Å². The van der Waals surface area contributed by atoms with Gasteiger partial charge < -0.3 is 9.14 Å². The van der Waals surface area contributed by atoms with Gasteiger partial charge in [0.25, 0.3) is 0 Å². The summed E-state index contributed by atoms with van der Waals surface area (Å²) >= 11 is 6.02. The first-order valence-electron chi connectivity index (χ1n) is 5.97. The van der Waals surface area contributed by atoms with Crippen LogP contribution in [0, 0.1) is 6.92 Å². The highest BCUT2D eigenvalue weighted by atomic mass is 35.5. The normalized spacial score (nSPS) is 10.9. The fourth-order valence-electron chi connectivity index (χ4n) is 2.16.